The Balaban J connectivity index is 2.50. The van der Waals surface area contributed by atoms with Crippen LogP contribution in [-0.4, -0.2) is 59.7 Å². The first-order valence-corrected chi connectivity index (χ1v) is 4.89. The van der Waals surface area contributed by atoms with Crippen LogP contribution in [0.5, 0.6) is 0 Å². The van der Waals surface area contributed by atoms with Crippen LogP contribution in [0.25, 0.3) is 0 Å². The Bertz CT molecular complexity index is 154. The van der Waals surface area contributed by atoms with Crippen LogP contribution in [0, 0.1) is 0 Å². The molecule has 1 heterocycles. The number of nitrogens with zero attached hydrogens (tertiary/aromatic N) is 1. The molecule has 1 fully saturated rings. The van der Waals surface area contributed by atoms with E-state index in [4.69, 9.17) is 4.74 Å². The third-order valence-corrected chi connectivity index (χ3v) is 2.49. The highest BCUT2D eigenvalue weighted by atomic mass is 16.5. The molecule has 13 heavy (non-hydrogen) atoms. The fraction of sp³-hybridized carbons (Fsp3) is 1.00. The molecule has 2 N–H and O–H groups in total. The van der Waals surface area contributed by atoms with Crippen LogP contribution in [0.2, 0.25) is 0 Å². The molecule has 1 aliphatic heterocycles. The van der Waals surface area contributed by atoms with Gasteiger partial charge in [-0.05, 0) is 13.5 Å². The van der Waals surface area contributed by atoms with Gasteiger partial charge in [-0.15, -0.1) is 0 Å². The topological polar surface area (TPSA) is 52.9 Å². The van der Waals surface area contributed by atoms with Crippen LogP contribution in [0.4, 0.5) is 0 Å². The predicted octanol–water partition coefficient (Wildman–Crippen LogP) is -0.551. The zero-order valence-electron chi connectivity index (χ0n) is 8.31. The van der Waals surface area contributed by atoms with Crippen molar-refractivity contribution in [2.45, 2.75) is 32.2 Å². The van der Waals surface area contributed by atoms with Gasteiger partial charge in [-0.1, -0.05) is 6.92 Å². The number of ether oxygens (including phenoxy) is 1. The molecule has 0 unspecified atom stereocenters. The molecule has 78 valence electrons. The lowest BCUT2D eigenvalue weighted by atomic mass is 10.0. The maximum atomic E-state index is 9.58. The summed E-state index contributed by atoms with van der Waals surface area (Å²) in [5.74, 6) is 0. The largest absolute Gasteiger partial charge is 0.389 e. The summed E-state index contributed by atoms with van der Waals surface area (Å²) in [6, 6.07) is 0. The summed E-state index contributed by atoms with van der Waals surface area (Å²) in [6.07, 6.45) is -1.65. The lowest BCUT2D eigenvalue weighted by Crippen LogP contribution is -2.56. The summed E-state index contributed by atoms with van der Waals surface area (Å²) in [5.41, 5.74) is 0. The number of β-amino-alcohol motifs (C(OH)–C–C–N with tert-alkyl or cyclic N) is 1. The van der Waals surface area contributed by atoms with Crippen molar-refractivity contribution in [1.29, 1.82) is 0 Å². The molecule has 0 spiro atoms. The molecule has 4 heteroatoms. The number of aliphatic hydroxyl groups excluding tert-OH is 2. The number of rotatable bonds is 3. The Labute approximate surface area is 79.1 Å². The monoisotopic (exact) mass is 189 g/mol. The minimum atomic E-state index is -0.734. The van der Waals surface area contributed by atoms with E-state index in [1.165, 1.54) is 0 Å². The molecule has 1 aliphatic rings. The number of likely N-dealkylation sites (tertiary alicyclic amines) is 1. The summed E-state index contributed by atoms with van der Waals surface area (Å²) in [4.78, 5) is 2.08. The average molecular weight is 189 g/mol. The molecule has 0 radical (unpaired) electrons. The second-order valence-electron chi connectivity index (χ2n) is 3.40. The highest BCUT2D eigenvalue weighted by Crippen LogP contribution is 2.14. The van der Waals surface area contributed by atoms with Crippen LogP contribution in [0.3, 0.4) is 0 Å². The molecule has 0 bridgehead atoms. The van der Waals surface area contributed by atoms with Crippen molar-refractivity contribution < 1.29 is 14.9 Å². The van der Waals surface area contributed by atoms with Gasteiger partial charge in [0.15, 0.2) is 0 Å². The quantitative estimate of drug-likeness (QED) is 0.625. The average Bonchev–Trinajstić information content (AvgIpc) is 2.13. The van der Waals surface area contributed by atoms with Gasteiger partial charge in [0, 0.05) is 19.7 Å². The van der Waals surface area contributed by atoms with Crippen molar-refractivity contribution in [2.24, 2.45) is 0 Å². The number of aliphatic hydroxyl groups is 2. The third-order valence-electron chi connectivity index (χ3n) is 2.49. The SMILES string of the molecule is CCO[C@H]1CN(CC)C[C@@H](O)[C@@H]1O. The molecule has 0 aromatic rings. The lowest BCUT2D eigenvalue weighted by Gasteiger charge is -2.38. The first kappa shape index (κ1) is 10.9. The normalized spacial score (nSPS) is 36.5. The third kappa shape index (κ3) is 2.64. The van der Waals surface area contributed by atoms with Gasteiger partial charge >= 0.3 is 0 Å². The highest BCUT2D eigenvalue weighted by molar-refractivity contribution is 4.86. The number of hydrogen-bond donors (Lipinski definition) is 2. The molecule has 1 saturated heterocycles. The van der Waals surface area contributed by atoms with Crippen molar-refractivity contribution in [2.75, 3.05) is 26.2 Å². The number of hydrogen-bond acceptors (Lipinski definition) is 4. The summed E-state index contributed by atoms with van der Waals surface area (Å²) >= 11 is 0. The van der Waals surface area contributed by atoms with E-state index < -0.39 is 12.2 Å². The molecule has 0 aromatic heterocycles. The Morgan fingerprint density at radius 3 is 2.54 bits per heavy atom. The molecule has 1 rings (SSSR count). The van der Waals surface area contributed by atoms with E-state index in [-0.39, 0.29) is 6.10 Å². The van der Waals surface area contributed by atoms with Gasteiger partial charge in [0.05, 0.1) is 12.2 Å². The van der Waals surface area contributed by atoms with Crippen molar-refractivity contribution in [1.82, 2.24) is 4.90 Å². The zero-order valence-corrected chi connectivity index (χ0v) is 8.31. The summed E-state index contributed by atoms with van der Waals surface area (Å²) in [5, 5.41) is 19.1. The van der Waals surface area contributed by atoms with Crippen LogP contribution < -0.4 is 0 Å². The minimum absolute atomic E-state index is 0.242. The summed E-state index contributed by atoms with van der Waals surface area (Å²) < 4.78 is 5.35. The Morgan fingerprint density at radius 1 is 1.31 bits per heavy atom. The van der Waals surface area contributed by atoms with E-state index in [1.807, 2.05) is 13.8 Å². The summed E-state index contributed by atoms with van der Waals surface area (Å²) in [6.45, 7) is 6.64. The van der Waals surface area contributed by atoms with Gasteiger partial charge in [0.2, 0.25) is 0 Å². The van der Waals surface area contributed by atoms with E-state index in [0.717, 1.165) is 6.54 Å². The molecule has 0 amide bonds. The maximum Gasteiger partial charge on any atom is 0.108 e. The van der Waals surface area contributed by atoms with Crippen LogP contribution in [0.1, 0.15) is 13.8 Å². The maximum absolute atomic E-state index is 9.58. The van der Waals surface area contributed by atoms with Crippen molar-refractivity contribution in [3.63, 3.8) is 0 Å². The van der Waals surface area contributed by atoms with E-state index >= 15 is 0 Å². The molecule has 3 atom stereocenters. The lowest BCUT2D eigenvalue weighted by molar-refractivity contribution is -0.131. The molecule has 0 aromatic carbocycles. The second-order valence-corrected chi connectivity index (χ2v) is 3.40. The van der Waals surface area contributed by atoms with E-state index in [1.54, 1.807) is 0 Å². The predicted molar refractivity (Wildman–Crippen MR) is 49.5 cm³/mol. The van der Waals surface area contributed by atoms with Crippen molar-refractivity contribution in [3.05, 3.63) is 0 Å². The van der Waals surface area contributed by atoms with Gasteiger partial charge in [0.25, 0.3) is 0 Å². The summed E-state index contributed by atoms with van der Waals surface area (Å²) in [7, 11) is 0. The molecule has 4 nitrogen and oxygen atoms in total. The fourth-order valence-corrected chi connectivity index (χ4v) is 1.68. The Morgan fingerprint density at radius 2 is 2.00 bits per heavy atom. The van der Waals surface area contributed by atoms with Crippen LogP contribution in [-0.2, 0) is 4.74 Å². The molecule has 0 aliphatic carbocycles. The molecular weight excluding hydrogens is 170 g/mol. The van der Waals surface area contributed by atoms with Gasteiger partial charge in [0.1, 0.15) is 6.10 Å². The standard InChI is InChI=1S/C9H19NO3/c1-3-10-5-7(11)9(12)8(6-10)13-4-2/h7-9,11-12H,3-6H2,1-2H3/t7-,8+,9+/m1/s1. The minimum Gasteiger partial charge on any atom is -0.389 e. The van der Waals surface area contributed by atoms with Crippen molar-refractivity contribution >= 4 is 0 Å². The first-order valence-electron chi connectivity index (χ1n) is 4.89. The van der Waals surface area contributed by atoms with E-state index in [0.29, 0.717) is 19.7 Å². The first-order chi connectivity index (χ1) is 6.19. The van der Waals surface area contributed by atoms with E-state index in [9.17, 15) is 10.2 Å². The van der Waals surface area contributed by atoms with Gasteiger partial charge in [-0.3, -0.25) is 4.90 Å². The van der Waals surface area contributed by atoms with Crippen LogP contribution >= 0.6 is 0 Å². The van der Waals surface area contributed by atoms with Gasteiger partial charge in [-0.25, -0.2) is 0 Å². The Hall–Kier alpha value is -0.160. The fourth-order valence-electron chi connectivity index (χ4n) is 1.68. The number of piperidine rings is 1. The zero-order chi connectivity index (χ0) is 9.84. The smallest absolute Gasteiger partial charge is 0.108 e. The molecule has 0 saturated carbocycles. The van der Waals surface area contributed by atoms with E-state index in [2.05, 4.69) is 4.90 Å². The Kier molecular flexibility index (Phi) is 4.12. The molecular formula is C9H19NO3. The highest BCUT2D eigenvalue weighted by Gasteiger charge is 2.34. The number of likely N-dealkylation sites (N-methyl/N-ethyl adjacent to an activating group) is 1. The second kappa shape index (κ2) is 4.91. The van der Waals surface area contributed by atoms with Crippen LogP contribution in [0.15, 0.2) is 0 Å². The van der Waals surface area contributed by atoms with Crippen molar-refractivity contribution in [3.8, 4) is 0 Å². The van der Waals surface area contributed by atoms with Gasteiger partial charge < -0.3 is 14.9 Å². The van der Waals surface area contributed by atoms with Gasteiger partial charge in [-0.2, -0.15) is 0 Å².